The zero-order valence-corrected chi connectivity index (χ0v) is 9.53. The molecule has 0 amide bonds. The molecule has 3 nitrogen and oxygen atoms in total. The van der Waals surface area contributed by atoms with Crippen LogP contribution in [-0.2, 0) is 5.67 Å². The summed E-state index contributed by atoms with van der Waals surface area (Å²) in [5.41, 5.74) is 0.852. The van der Waals surface area contributed by atoms with Gasteiger partial charge in [-0.2, -0.15) is 0 Å². The lowest BCUT2D eigenvalue weighted by molar-refractivity contribution is 0.317. The predicted molar refractivity (Wildman–Crippen MR) is 63.1 cm³/mol. The minimum Gasteiger partial charge on any atom is -0.295 e. The van der Waals surface area contributed by atoms with E-state index in [4.69, 9.17) is 0 Å². The molecular weight excluding hydrogens is 219 g/mol. The minimum atomic E-state index is -1.17. The van der Waals surface area contributed by atoms with Crippen LogP contribution in [-0.4, -0.2) is 9.78 Å². The van der Waals surface area contributed by atoms with E-state index in [1.165, 1.54) is 10.7 Å². The predicted octanol–water partition coefficient (Wildman–Crippen LogP) is 2.43. The number of hydrogen-bond donors (Lipinski definition) is 1. The van der Waals surface area contributed by atoms with Crippen LogP contribution in [0.1, 0.15) is 24.1 Å². The Hall–Kier alpha value is -1.84. The summed E-state index contributed by atoms with van der Waals surface area (Å²) in [5.74, 6) is 0. The minimum absolute atomic E-state index is 0.122. The van der Waals surface area contributed by atoms with E-state index in [-0.39, 0.29) is 5.56 Å². The number of H-pyrrole nitrogens is 1. The standard InChI is InChI=1S/C13H13FN2O/c1-9-7-12(17)16(15-9)11-4-2-3-10(8-11)13(14)5-6-13/h2-4,7-8,15H,5-6H2,1H3. The van der Waals surface area contributed by atoms with Crippen molar-refractivity contribution < 1.29 is 4.39 Å². The summed E-state index contributed by atoms with van der Waals surface area (Å²) in [5, 5.41) is 2.94. The molecule has 0 aliphatic heterocycles. The normalized spacial score (nSPS) is 17.1. The maximum atomic E-state index is 13.9. The SMILES string of the molecule is Cc1cc(=O)n(-c2cccc(C3(F)CC3)c2)[nH]1. The van der Waals surface area contributed by atoms with Crippen molar-refractivity contribution in [3.63, 3.8) is 0 Å². The smallest absolute Gasteiger partial charge is 0.271 e. The van der Waals surface area contributed by atoms with Crippen LogP contribution in [0, 0.1) is 6.92 Å². The van der Waals surface area contributed by atoms with Gasteiger partial charge >= 0.3 is 0 Å². The number of nitrogens with zero attached hydrogens (tertiary/aromatic N) is 1. The van der Waals surface area contributed by atoms with E-state index in [1.807, 2.05) is 6.92 Å². The molecule has 0 unspecified atom stereocenters. The van der Waals surface area contributed by atoms with Crippen molar-refractivity contribution in [2.24, 2.45) is 0 Å². The van der Waals surface area contributed by atoms with Gasteiger partial charge in [0.2, 0.25) is 0 Å². The van der Waals surface area contributed by atoms with Gasteiger partial charge in [0.25, 0.3) is 5.56 Å². The number of alkyl halides is 1. The van der Waals surface area contributed by atoms with Crippen molar-refractivity contribution in [3.05, 3.63) is 51.9 Å². The third kappa shape index (κ3) is 1.69. The van der Waals surface area contributed by atoms with Crippen molar-refractivity contribution in [1.29, 1.82) is 0 Å². The van der Waals surface area contributed by atoms with E-state index >= 15 is 0 Å². The molecule has 0 atom stereocenters. The lowest BCUT2D eigenvalue weighted by Gasteiger charge is -2.08. The fraction of sp³-hybridized carbons (Fsp3) is 0.308. The average Bonchev–Trinajstić information content (AvgIpc) is 2.97. The van der Waals surface area contributed by atoms with Gasteiger partial charge in [0.15, 0.2) is 0 Å². The van der Waals surface area contributed by atoms with Crippen molar-refractivity contribution in [2.45, 2.75) is 25.4 Å². The van der Waals surface area contributed by atoms with Crippen LogP contribution in [0.3, 0.4) is 0 Å². The summed E-state index contributed by atoms with van der Waals surface area (Å²) < 4.78 is 15.4. The monoisotopic (exact) mass is 232 g/mol. The van der Waals surface area contributed by atoms with Crippen molar-refractivity contribution in [3.8, 4) is 5.69 Å². The van der Waals surface area contributed by atoms with Crippen LogP contribution < -0.4 is 5.56 Å². The van der Waals surface area contributed by atoms with E-state index in [1.54, 1.807) is 24.3 Å². The van der Waals surface area contributed by atoms with Gasteiger partial charge in [-0.15, -0.1) is 0 Å². The molecule has 1 N–H and O–H groups in total. The number of rotatable bonds is 2. The summed E-state index contributed by atoms with van der Waals surface area (Å²) in [4.78, 5) is 11.7. The fourth-order valence-corrected chi connectivity index (χ4v) is 2.03. The number of aromatic amines is 1. The summed E-state index contributed by atoms with van der Waals surface area (Å²) in [6.07, 6.45) is 1.16. The first-order valence-corrected chi connectivity index (χ1v) is 5.67. The van der Waals surface area contributed by atoms with E-state index in [9.17, 15) is 9.18 Å². The summed E-state index contributed by atoms with van der Waals surface area (Å²) >= 11 is 0. The molecule has 0 bridgehead atoms. The molecule has 1 aliphatic rings. The van der Waals surface area contributed by atoms with E-state index in [0.717, 1.165) is 5.69 Å². The largest absolute Gasteiger partial charge is 0.295 e. The second-order valence-electron chi connectivity index (χ2n) is 4.63. The Morgan fingerprint density at radius 2 is 2.12 bits per heavy atom. The van der Waals surface area contributed by atoms with Gasteiger partial charge in [-0.25, -0.2) is 9.07 Å². The highest BCUT2D eigenvalue weighted by Gasteiger charge is 2.44. The lowest BCUT2D eigenvalue weighted by atomic mass is 10.1. The highest BCUT2D eigenvalue weighted by molar-refractivity contribution is 5.39. The molecule has 1 saturated carbocycles. The highest BCUT2D eigenvalue weighted by Crippen LogP contribution is 2.49. The molecule has 0 radical (unpaired) electrons. The maximum absolute atomic E-state index is 13.9. The zero-order valence-electron chi connectivity index (χ0n) is 9.53. The molecule has 2 aromatic rings. The summed E-state index contributed by atoms with van der Waals surface area (Å²) in [6, 6.07) is 8.62. The molecule has 17 heavy (non-hydrogen) atoms. The molecule has 88 valence electrons. The molecule has 1 fully saturated rings. The van der Waals surface area contributed by atoms with E-state index < -0.39 is 5.67 Å². The first kappa shape index (κ1) is 10.3. The van der Waals surface area contributed by atoms with Gasteiger partial charge in [0, 0.05) is 11.8 Å². The number of nitrogens with one attached hydrogen (secondary N) is 1. The Labute approximate surface area is 97.9 Å². The molecule has 4 heteroatoms. The van der Waals surface area contributed by atoms with Gasteiger partial charge in [0.05, 0.1) is 5.69 Å². The average molecular weight is 232 g/mol. The third-order valence-corrected chi connectivity index (χ3v) is 3.16. The van der Waals surface area contributed by atoms with Crippen molar-refractivity contribution in [1.82, 2.24) is 9.78 Å². The lowest BCUT2D eigenvalue weighted by Crippen LogP contribution is -2.14. The number of hydrogen-bond acceptors (Lipinski definition) is 1. The molecule has 3 rings (SSSR count). The van der Waals surface area contributed by atoms with E-state index in [2.05, 4.69) is 5.10 Å². The summed E-state index contributed by atoms with van der Waals surface area (Å²) in [7, 11) is 0. The first-order valence-electron chi connectivity index (χ1n) is 5.67. The summed E-state index contributed by atoms with van der Waals surface area (Å²) in [6.45, 7) is 1.82. The molecule has 1 aromatic heterocycles. The Bertz CT molecular complexity index is 622. The molecule has 0 saturated heterocycles. The van der Waals surface area contributed by atoms with E-state index in [0.29, 0.717) is 24.1 Å². The van der Waals surface area contributed by atoms with Crippen molar-refractivity contribution >= 4 is 0 Å². The molecular formula is C13H13FN2O. The van der Waals surface area contributed by atoms with Crippen LogP contribution in [0.4, 0.5) is 4.39 Å². The quantitative estimate of drug-likeness (QED) is 0.848. The number of aromatic nitrogens is 2. The maximum Gasteiger partial charge on any atom is 0.271 e. The number of benzene rings is 1. The molecule has 1 aliphatic carbocycles. The third-order valence-electron chi connectivity index (χ3n) is 3.16. The number of halogens is 1. The molecule has 1 heterocycles. The fourth-order valence-electron chi connectivity index (χ4n) is 2.03. The van der Waals surface area contributed by atoms with Crippen LogP contribution in [0.5, 0.6) is 0 Å². The Balaban J connectivity index is 2.09. The topological polar surface area (TPSA) is 37.8 Å². The van der Waals surface area contributed by atoms with Gasteiger partial charge in [-0.3, -0.25) is 9.89 Å². The van der Waals surface area contributed by atoms with Crippen LogP contribution in [0.2, 0.25) is 0 Å². The molecule has 1 aromatic carbocycles. The second-order valence-corrected chi connectivity index (χ2v) is 4.63. The van der Waals surface area contributed by atoms with Crippen LogP contribution >= 0.6 is 0 Å². The number of aryl methyl sites for hydroxylation is 1. The van der Waals surface area contributed by atoms with Crippen molar-refractivity contribution in [2.75, 3.05) is 0 Å². The Kier molecular flexibility index (Phi) is 2.02. The van der Waals surface area contributed by atoms with Gasteiger partial charge in [-0.05, 0) is 37.5 Å². The van der Waals surface area contributed by atoms with Crippen LogP contribution in [0.25, 0.3) is 5.69 Å². The first-order chi connectivity index (χ1) is 8.08. The second kappa shape index (κ2) is 3.32. The Morgan fingerprint density at radius 1 is 1.35 bits per heavy atom. The van der Waals surface area contributed by atoms with Crippen LogP contribution in [0.15, 0.2) is 35.1 Å². The highest BCUT2D eigenvalue weighted by atomic mass is 19.1. The van der Waals surface area contributed by atoms with Gasteiger partial charge < -0.3 is 0 Å². The Morgan fingerprint density at radius 3 is 2.71 bits per heavy atom. The zero-order chi connectivity index (χ0) is 12.0. The van der Waals surface area contributed by atoms with Gasteiger partial charge in [-0.1, -0.05) is 12.1 Å². The molecule has 0 spiro atoms. The van der Waals surface area contributed by atoms with Gasteiger partial charge in [0.1, 0.15) is 5.67 Å².